The average molecular weight is 192 g/mol. The van der Waals surface area contributed by atoms with Gasteiger partial charge in [0.15, 0.2) is 0 Å². The molecule has 0 spiro atoms. The van der Waals surface area contributed by atoms with Crippen molar-refractivity contribution in [2.75, 3.05) is 7.11 Å². The van der Waals surface area contributed by atoms with Crippen LogP contribution >= 0.6 is 0 Å². The lowest BCUT2D eigenvalue weighted by molar-refractivity contribution is -0.136. The van der Waals surface area contributed by atoms with E-state index in [0.717, 1.165) is 11.1 Å². The van der Waals surface area contributed by atoms with Crippen LogP contribution in [0, 0.1) is 5.82 Å². The number of fused-ring (bicyclic) bond motifs is 1. The van der Waals surface area contributed by atoms with Crippen LogP contribution in [0.4, 0.5) is 4.39 Å². The third-order valence-corrected chi connectivity index (χ3v) is 2.26. The number of carbonyl (C=O) groups is 1. The van der Waals surface area contributed by atoms with Crippen molar-refractivity contribution in [2.24, 2.45) is 0 Å². The first-order valence-electron chi connectivity index (χ1n) is 4.28. The number of ether oxygens (including phenoxy) is 1. The maximum Gasteiger partial charge on any atom is 0.334 e. The van der Waals surface area contributed by atoms with Crippen LogP contribution in [0.2, 0.25) is 0 Å². The molecule has 1 aliphatic rings. The van der Waals surface area contributed by atoms with Crippen molar-refractivity contribution < 1.29 is 13.9 Å². The maximum atomic E-state index is 12.8. The van der Waals surface area contributed by atoms with E-state index in [2.05, 4.69) is 4.74 Å². The Kier molecular flexibility index (Phi) is 2.08. The molecule has 2 rings (SSSR count). The Morgan fingerprint density at radius 2 is 2.29 bits per heavy atom. The minimum atomic E-state index is -0.346. The third-order valence-electron chi connectivity index (χ3n) is 2.26. The fraction of sp³-hybridized carbons (Fsp3) is 0.182. The van der Waals surface area contributed by atoms with Crippen molar-refractivity contribution in [3.05, 3.63) is 40.7 Å². The summed E-state index contributed by atoms with van der Waals surface area (Å²) < 4.78 is 17.4. The summed E-state index contributed by atoms with van der Waals surface area (Å²) in [4.78, 5) is 11.2. The smallest absolute Gasteiger partial charge is 0.334 e. The number of methoxy groups -OCH3 is 1. The van der Waals surface area contributed by atoms with Crippen LogP contribution in [-0.2, 0) is 16.0 Å². The maximum absolute atomic E-state index is 12.8. The summed E-state index contributed by atoms with van der Waals surface area (Å²) in [5.41, 5.74) is 2.31. The fourth-order valence-corrected chi connectivity index (χ4v) is 1.57. The second kappa shape index (κ2) is 3.25. The van der Waals surface area contributed by atoms with Crippen LogP contribution in [-0.4, -0.2) is 13.1 Å². The first-order chi connectivity index (χ1) is 6.70. The van der Waals surface area contributed by atoms with Gasteiger partial charge in [0.2, 0.25) is 0 Å². The molecule has 1 aromatic carbocycles. The first-order valence-corrected chi connectivity index (χ1v) is 4.28. The predicted molar refractivity (Wildman–Crippen MR) is 50.1 cm³/mol. The van der Waals surface area contributed by atoms with Crippen molar-refractivity contribution in [3.8, 4) is 0 Å². The van der Waals surface area contributed by atoms with E-state index in [4.69, 9.17) is 0 Å². The first kappa shape index (κ1) is 8.94. The number of esters is 1. The molecule has 0 saturated carbocycles. The van der Waals surface area contributed by atoms with Gasteiger partial charge in [-0.25, -0.2) is 9.18 Å². The lowest BCUT2D eigenvalue weighted by Crippen LogP contribution is -2.03. The van der Waals surface area contributed by atoms with Gasteiger partial charge in [0.25, 0.3) is 0 Å². The highest BCUT2D eigenvalue weighted by molar-refractivity contribution is 5.96. The number of hydrogen-bond donors (Lipinski definition) is 0. The summed E-state index contributed by atoms with van der Waals surface area (Å²) in [6.45, 7) is 0. The summed E-state index contributed by atoms with van der Waals surface area (Å²) in [5.74, 6) is -0.620. The highest BCUT2D eigenvalue weighted by Crippen LogP contribution is 2.26. The molecule has 14 heavy (non-hydrogen) atoms. The summed E-state index contributed by atoms with van der Waals surface area (Å²) in [7, 11) is 1.34. The van der Waals surface area contributed by atoms with Crippen molar-refractivity contribution in [3.63, 3.8) is 0 Å². The molecule has 0 aliphatic heterocycles. The van der Waals surface area contributed by atoms with Crippen molar-refractivity contribution in [1.29, 1.82) is 0 Å². The molecule has 0 bridgehead atoms. The van der Waals surface area contributed by atoms with Crippen LogP contribution < -0.4 is 0 Å². The molecule has 1 aliphatic carbocycles. The second-order valence-electron chi connectivity index (χ2n) is 3.18. The molecule has 0 radical (unpaired) electrons. The van der Waals surface area contributed by atoms with Gasteiger partial charge in [-0.1, -0.05) is 6.07 Å². The number of hydrogen-bond acceptors (Lipinski definition) is 2. The van der Waals surface area contributed by atoms with Gasteiger partial charge in [-0.05, 0) is 29.3 Å². The molecular formula is C11H9FO2. The molecule has 72 valence electrons. The van der Waals surface area contributed by atoms with Crippen LogP contribution in [0.5, 0.6) is 0 Å². The number of halogens is 1. The largest absolute Gasteiger partial charge is 0.466 e. The second-order valence-corrected chi connectivity index (χ2v) is 3.18. The van der Waals surface area contributed by atoms with E-state index in [0.29, 0.717) is 12.0 Å². The Bertz CT molecular complexity index is 421. The normalized spacial score (nSPS) is 13.4. The molecule has 0 amide bonds. The van der Waals surface area contributed by atoms with Crippen molar-refractivity contribution in [1.82, 2.24) is 0 Å². The van der Waals surface area contributed by atoms with Gasteiger partial charge in [-0.15, -0.1) is 0 Å². The molecule has 2 nitrogen and oxygen atoms in total. The number of carbonyl (C=O) groups excluding carboxylic acids is 1. The zero-order valence-electron chi connectivity index (χ0n) is 7.71. The Labute approximate surface area is 81.0 Å². The monoisotopic (exact) mass is 192 g/mol. The zero-order chi connectivity index (χ0) is 10.1. The molecule has 1 aromatic rings. The van der Waals surface area contributed by atoms with Gasteiger partial charge in [0.1, 0.15) is 5.82 Å². The van der Waals surface area contributed by atoms with Gasteiger partial charge >= 0.3 is 5.97 Å². The number of benzene rings is 1. The molecular weight excluding hydrogens is 183 g/mol. The van der Waals surface area contributed by atoms with Crippen molar-refractivity contribution >= 4 is 12.0 Å². The van der Waals surface area contributed by atoms with E-state index in [9.17, 15) is 9.18 Å². The molecule has 0 unspecified atom stereocenters. The standard InChI is InChI=1S/C11H9FO2/c1-14-11(13)9-4-7-2-3-10(12)6-8(7)5-9/h2-4,6H,5H2,1H3. The van der Waals surface area contributed by atoms with Crippen LogP contribution in [0.15, 0.2) is 23.8 Å². The summed E-state index contributed by atoms with van der Waals surface area (Å²) >= 11 is 0. The SMILES string of the molecule is COC(=O)C1=Cc2ccc(F)cc2C1. The Balaban J connectivity index is 2.32. The fourth-order valence-electron chi connectivity index (χ4n) is 1.57. The molecule has 3 heteroatoms. The van der Waals surface area contributed by atoms with Gasteiger partial charge < -0.3 is 4.74 Å². The van der Waals surface area contributed by atoms with E-state index in [1.165, 1.54) is 19.2 Å². The lowest BCUT2D eigenvalue weighted by Gasteiger charge is -1.98. The number of rotatable bonds is 1. The average Bonchev–Trinajstić information content (AvgIpc) is 2.59. The molecule has 0 atom stereocenters. The Hall–Kier alpha value is -1.64. The van der Waals surface area contributed by atoms with Gasteiger partial charge in [0, 0.05) is 12.0 Å². The minimum absolute atomic E-state index is 0.275. The Morgan fingerprint density at radius 1 is 1.50 bits per heavy atom. The Morgan fingerprint density at radius 3 is 3.00 bits per heavy atom. The van der Waals surface area contributed by atoms with Gasteiger partial charge in [-0.2, -0.15) is 0 Å². The van der Waals surface area contributed by atoms with Crippen LogP contribution in [0.3, 0.4) is 0 Å². The minimum Gasteiger partial charge on any atom is -0.466 e. The van der Waals surface area contributed by atoms with Gasteiger partial charge in [0.05, 0.1) is 7.11 Å². The van der Waals surface area contributed by atoms with E-state index < -0.39 is 0 Å². The van der Waals surface area contributed by atoms with Crippen molar-refractivity contribution in [2.45, 2.75) is 6.42 Å². The molecule has 0 N–H and O–H groups in total. The van der Waals surface area contributed by atoms with E-state index in [1.54, 1.807) is 12.1 Å². The van der Waals surface area contributed by atoms with Crippen LogP contribution in [0.25, 0.3) is 6.08 Å². The molecule has 0 fully saturated rings. The predicted octanol–water partition coefficient (Wildman–Crippen LogP) is 1.94. The highest BCUT2D eigenvalue weighted by Gasteiger charge is 2.18. The molecule has 0 saturated heterocycles. The third kappa shape index (κ3) is 1.41. The highest BCUT2D eigenvalue weighted by atomic mass is 19.1. The van der Waals surface area contributed by atoms with E-state index in [1.807, 2.05) is 0 Å². The summed E-state index contributed by atoms with van der Waals surface area (Å²) in [6, 6.07) is 4.50. The summed E-state index contributed by atoms with van der Waals surface area (Å²) in [5, 5.41) is 0. The van der Waals surface area contributed by atoms with Crippen LogP contribution in [0.1, 0.15) is 11.1 Å². The molecule has 0 aromatic heterocycles. The van der Waals surface area contributed by atoms with Gasteiger partial charge in [-0.3, -0.25) is 0 Å². The van der Waals surface area contributed by atoms with E-state index in [-0.39, 0.29) is 11.8 Å². The topological polar surface area (TPSA) is 26.3 Å². The molecule has 0 heterocycles. The lowest BCUT2D eigenvalue weighted by atomic mass is 10.1. The summed E-state index contributed by atoms with van der Waals surface area (Å²) in [6.07, 6.45) is 2.19. The quantitative estimate of drug-likeness (QED) is 0.635. The van der Waals surface area contributed by atoms with E-state index >= 15 is 0 Å². The zero-order valence-corrected chi connectivity index (χ0v) is 7.71.